The molecule has 0 spiro atoms. The molecular weight excluding hydrogens is 254 g/mol. The molecule has 1 unspecified atom stereocenters. The predicted octanol–water partition coefficient (Wildman–Crippen LogP) is 0.675. The van der Waals surface area contributed by atoms with E-state index in [9.17, 15) is 9.59 Å². The zero-order valence-electron chi connectivity index (χ0n) is 11.5. The van der Waals surface area contributed by atoms with E-state index in [1.54, 1.807) is 24.3 Å². The third-order valence-corrected chi connectivity index (χ3v) is 3.36. The lowest BCUT2D eigenvalue weighted by atomic mass is 10.1. The van der Waals surface area contributed by atoms with Crippen molar-refractivity contribution in [1.82, 2.24) is 16.0 Å². The summed E-state index contributed by atoms with van der Waals surface area (Å²) in [5.74, 6) is -0.359. The summed E-state index contributed by atoms with van der Waals surface area (Å²) >= 11 is 0. The van der Waals surface area contributed by atoms with Crippen molar-refractivity contribution < 1.29 is 9.59 Å². The summed E-state index contributed by atoms with van der Waals surface area (Å²) in [6.45, 7) is 1.83. The molecule has 1 heterocycles. The average molecular weight is 275 g/mol. The van der Waals surface area contributed by atoms with Crippen molar-refractivity contribution in [3.8, 4) is 0 Å². The van der Waals surface area contributed by atoms with Crippen LogP contribution in [0.5, 0.6) is 0 Å². The molecule has 0 bridgehead atoms. The highest BCUT2D eigenvalue weighted by molar-refractivity contribution is 5.96. The van der Waals surface area contributed by atoms with Gasteiger partial charge < -0.3 is 16.0 Å². The maximum atomic E-state index is 11.8. The SMILES string of the molecule is O=C(CNC(=O)c1ccccc1)NC1CCCCNC1. The zero-order valence-corrected chi connectivity index (χ0v) is 11.5. The Morgan fingerprint density at radius 1 is 1.20 bits per heavy atom. The van der Waals surface area contributed by atoms with Gasteiger partial charge in [0.15, 0.2) is 0 Å². The molecule has 1 fully saturated rings. The minimum absolute atomic E-state index is 0.0181. The first-order chi connectivity index (χ1) is 9.75. The van der Waals surface area contributed by atoms with Crippen LogP contribution in [-0.4, -0.2) is 37.5 Å². The van der Waals surface area contributed by atoms with Crippen LogP contribution in [0.4, 0.5) is 0 Å². The van der Waals surface area contributed by atoms with Crippen molar-refractivity contribution >= 4 is 11.8 Å². The molecule has 2 rings (SSSR count). The molecule has 0 aromatic heterocycles. The summed E-state index contributed by atoms with van der Waals surface area (Å²) in [6, 6.07) is 9.06. The molecule has 20 heavy (non-hydrogen) atoms. The number of carbonyl (C=O) groups is 2. The van der Waals surface area contributed by atoms with Gasteiger partial charge in [-0.1, -0.05) is 24.6 Å². The maximum absolute atomic E-state index is 11.8. The van der Waals surface area contributed by atoms with Gasteiger partial charge in [0.2, 0.25) is 5.91 Å². The topological polar surface area (TPSA) is 70.2 Å². The Bertz CT molecular complexity index is 440. The van der Waals surface area contributed by atoms with Crippen molar-refractivity contribution in [2.75, 3.05) is 19.6 Å². The van der Waals surface area contributed by atoms with E-state index in [2.05, 4.69) is 16.0 Å². The van der Waals surface area contributed by atoms with Gasteiger partial charge in [-0.25, -0.2) is 0 Å². The highest BCUT2D eigenvalue weighted by Crippen LogP contribution is 2.03. The van der Waals surface area contributed by atoms with Gasteiger partial charge in [0.25, 0.3) is 5.91 Å². The van der Waals surface area contributed by atoms with E-state index in [1.807, 2.05) is 6.07 Å². The standard InChI is InChI=1S/C15H21N3O2/c19-14(18-13-8-4-5-9-16-10-13)11-17-15(20)12-6-2-1-3-7-12/h1-3,6-7,13,16H,4-5,8-11H2,(H,17,20)(H,18,19). The molecular formula is C15H21N3O2. The molecule has 0 radical (unpaired) electrons. The van der Waals surface area contributed by atoms with Crippen molar-refractivity contribution in [2.45, 2.75) is 25.3 Å². The minimum atomic E-state index is -0.222. The summed E-state index contributed by atoms with van der Waals surface area (Å²) in [4.78, 5) is 23.6. The fourth-order valence-corrected chi connectivity index (χ4v) is 2.27. The molecule has 1 saturated heterocycles. The lowest BCUT2D eigenvalue weighted by molar-refractivity contribution is -0.120. The molecule has 0 saturated carbocycles. The van der Waals surface area contributed by atoms with E-state index in [0.29, 0.717) is 5.56 Å². The van der Waals surface area contributed by atoms with E-state index in [0.717, 1.165) is 32.4 Å². The fourth-order valence-electron chi connectivity index (χ4n) is 2.27. The van der Waals surface area contributed by atoms with E-state index < -0.39 is 0 Å². The molecule has 1 aromatic rings. The first-order valence-electron chi connectivity index (χ1n) is 7.09. The van der Waals surface area contributed by atoms with Crippen molar-refractivity contribution in [3.05, 3.63) is 35.9 Å². The molecule has 0 aliphatic carbocycles. The quantitative estimate of drug-likeness (QED) is 0.756. The van der Waals surface area contributed by atoms with Crippen LogP contribution in [0, 0.1) is 0 Å². The molecule has 1 aromatic carbocycles. The molecule has 5 heteroatoms. The van der Waals surface area contributed by atoms with Gasteiger partial charge in [-0.15, -0.1) is 0 Å². The molecule has 108 valence electrons. The van der Waals surface area contributed by atoms with Gasteiger partial charge in [0.05, 0.1) is 6.54 Å². The van der Waals surface area contributed by atoms with Crippen LogP contribution in [-0.2, 0) is 4.79 Å². The lowest BCUT2D eigenvalue weighted by Gasteiger charge is -2.16. The van der Waals surface area contributed by atoms with Gasteiger partial charge in [-0.05, 0) is 31.5 Å². The number of rotatable bonds is 4. The second-order valence-electron chi connectivity index (χ2n) is 5.01. The van der Waals surface area contributed by atoms with E-state index >= 15 is 0 Å². The summed E-state index contributed by atoms with van der Waals surface area (Å²) in [7, 11) is 0. The Morgan fingerprint density at radius 3 is 2.80 bits per heavy atom. The van der Waals surface area contributed by atoms with Crippen LogP contribution in [0.1, 0.15) is 29.6 Å². The molecule has 1 aliphatic rings. The molecule has 5 nitrogen and oxygen atoms in total. The van der Waals surface area contributed by atoms with Crippen LogP contribution in [0.15, 0.2) is 30.3 Å². The van der Waals surface area contributed by atoms with Crippen LogP contribution in [0.25, 0.3) is 0 Å². The highest BCUT2D eigenvalue weighted by Gasteiger charge is 2.14. The Hall–Kier alpha value is -1.88. The minimum Gasteiger partial charge on any atom is -0.351 e. The summed E-state index contributed by atoms with van der Waals surface area (Å²) in [5.41, 5.74) is 0.566. The van der Waals surface area contributed by atoms with Gasteiger partial charge in [0.1, 0.15) is 0 Å². The maximum Gasteiger partial charge on any atom is 0.251 e. The van der Waals surface area contributed by atoms with Crippen molar-refractivity contribution in [2.24, 2.45) is 0 Å². The Balaban J connectivity index is 1.73. The van der Waals surface area contributed by atoms with E-state index in [4.69, 9.17) is 0 Å². The molecule has 2 amide bonds. The predicted molar refractivity (Wildman–Crippen MR) is 77.4 cm³/mol. The van der Waals surface area contributed by atoms with Gasteiger partial charge in [0, 0.05) is 18.2 Å². The van der Waals surface area contributed by atoms with Crippen LogP contribution in [0.2, 0.25) is 0 Å². The van der Waals surface area contributed by atoms with Gasteiger partial charge in [-0.3, -0.25) is 9.59 Å². The van der Waals surface area contributed by atoms with Crippen molar-refractivity contribution in [1.29, 1.82) is 0 Å². The Labute approximate surface area is 119 Å². The van der Waals surface area contributed by atoms with Crippen molar-refractivity contribution in [3.63, 3.8) is 0 Å². The van der Waals surface area contributed by atoms with E-state index in [1.165, 1.54) is 0 Å². The molecule has 1 aliphatic heterocycles. The lowest BCUT2D eigenvalue weighted by Crippen LogP contribution is -2.45. The number of carbonyl (C=O) groups excluding carboxylic acids is 2. The summed E-state index contributed by atoms with van der Waals surface area (Å²) in [5, 5.41) is 8.87. The largest absolute Gasteiger partial charge is 0.351 e. The normalized spacial score (nSPS) is 18.9. The summed E-state index contributed by atoms with van der Waals surface area (Å²) < 4.78 is 0. The second-order valence-corrected chi connectivity index (χ2v) is 5.01. The average Bonchev–Trinajstić information content (AvgIpc) is 2.74. The highest BCUT2D eigenvalue weighted by atomic mass is 16.2. The van der Waals surface area contributed by atoms with Gasteiger partial charge >= 0.3 is 0 Å². The fraction of sp³-hybridized carbons (Fsp3) is 0.467. The Kier molecular flexibility index (Phi) is 5.55. The number of nitrogens with one attached hydrogen (secondary N) is 3. The first kappa shape index (κ1) is 14.5. The van der Waals surface area contributed by atoms with Crippen LogP contribution < -0.4 is 16.0 Å². The Morgan fingerprint density at radius 2 is 2.00 bits per heavy atom. The third kappa shape index (κ3) is 4.66. The van der Waals surface area contributed by atoms with Crippen LogP contribution >= 0.6 is 0 Å². The smallest absolute Gasteiger partial charge is 0.251 e. The zero-order chi connectivity index (χ0) is 14.2. The number of benzene rings is 1. The first-order valence-corrected chi connectivity index (χ1v) is 7.09. The van der Waals surface area contributed by atoms with Crippen LogP contribution in [0.3, 0.4) is 0 Å². The number of amides is 2. The summed E-state index contributed by atoms with van der Waals surface area (Å²) in [6.07, 6.45) is 3.26. The molecule has 1 atom stereocenters. The number of hydrogen-bond donors (Lipinski definition) is 3. The van der Waals surface area contributed by atoms with E-state index in [-0.39, 0.29) is 24.4 Å². The molecule has 3 N–H and O–H groups in total. The number of hydrogen-bond acceptors (Lipinski definition) is 3. The van der Waals surface area contributed by atoms with Gasteiger partial charge in [-0.2, -0.15) is 0 Å². The third-order valence-electron chi connectivity index (χ3n) is 3.36. The monoisotopic (exact) mass is 275 g/mol. The second kappa shape index (κ2) is 7.65.